The van der Waals surface area contributed by atoms with Gasteiger partial charge in [0.15, 0.2) is 0 Å². The number of piperazine rings is 1. The van der Waals surface area contributed by atoms with Gasteiger partial charge in [-0.3, -0.25) is 14.5 Å². The molecule has 7 nitrogen and oxygen atoms in total. The van der Waals surface area contributed by atoms with Crippen molar-refractivity contribution < 1.29 is 4.79 Å². The maximum absolute atomic E-state index is 12.3. The number of nitriles is 1. The van der Waals surface area contributed by atoms with E-state index in [1.165, 1.54) is 11.3 Å². The number of pyridine rings is 1. The highest BCUT2D eigenvalue weighted by molar-refractivity contribution is 5.76. The molecule has 170 valence electrons. The molecule has 2 aromatic rings. The Morgan fingerprint density at radius 3 is 2.62 bits per heavy atom. The number of carbonyl (C=O) groups excluding carboxylic acids is 1. The molecular formula is C25H33N5O2. The molecule has 1 saturated heterocycles. The lowest BCUT2D eigenvalue weighted by Gasteiger charge is -2.36. The molecular weight excluding hydrogens is 402 g/mol. The fourth-order valence-electron chi connectivity index (χ4n) is 4.33. The fraction of sp³-hybridized carbons (Fsp3) is 0.480. The number of aromatic nitrogens is 1. The average molecular weight is 436 g/mol. The van der Waals surface area contributed by atoms with Gasteiger partial charge < -0.3 is 15.2 Å². The second kappa shape index (κ2) is 11.0. The molecule has 0 spiro atoms. The molecule has 2 N–H and O–H groups in total. The molecule has 32 heavy (non-hydrogen) atoms. The van der Waals surface area contributed by atoms with Crippen molar-refractivity contribution in [3.63, 3.8) is 0 Å². The molecule has 1 aliphatic heterocycles. The number of amides is 1. The molecule has 1 aromatic heterocycles. The molecule has 0 atom stereocenters. The van der Waals surface area contributed by atoms with Crippen LogP contribution in [-0.4, -0.2) is 55.1 Å². The summed E-state index contributed by atoms with van der Waals surface area (Å²) >= 11 is 0. The van der Waals surface area contributed by atoms with E-state index in [1.807, 2.05) is 13.0 Å². The van der Waals surface area contributed by atoms with Gasteiger partial charge in [0.1, 0.15) is 11.6 Å². The van der Waals surface area contributed by atoms with Gasteiger partial charge in [0.2, 0.25) is 5.91 Å². The van der Waals surface area contributed by atoms with Gasteiger partial charge in [-0.15, -0.1) is 0 Å². The van der Waals surface area contributed by atoms with E-state index in [4.69, 9.17) is 0 Å². The molecule has 1 fully saturated rings. The number of aromatic amines is 1. The van der Waals surface area contributed by atoms with Crippen molar-refractivity contribution in [2.75, 3.05) is 44.2 Å². The Morgan fingerprint density at radius 1 is 1.19 bits per heavy atom. The second-order valence-electron chi connectivity index (χ2n) is 8.54. The highest BCUT2D eigenvalue weighted by Crippen LogP contribution is 2.18. The topological polar surface area (TPSA) is 92.2 Å². The molecule has 0 aliphatic carbocycles. The number of hydrogen-bond acceptors (Lipinski definition) is 5. The van der Waals surface area contributed by atoms with Crippen LogP contribution in [0.2, 0.25) is 0 Å². The number of H-pyrrole nitrogens is 1. The van der Waals surface area contributed by atoms with Crippen LogP contribution < -0.4 is 15.8 Å². The lowest BCUT2D eigenvalue weighted by Crippen LogP contribution is -2.47. The monoisotopic (exact) mass is 435 g/mol. The molecule has 2 heterocycles. The van der Waals surface area contributed by atoms with Crippen molar-refractivity contribution >= 4 is 11.6 Å². The van der Waals surface area contributed by atoms with Crippen molar-refractivity contribution in [2.24, 2.45) is 0 Å². The minimum atomic E-state index is -0.365. The standard InChI is InChI=1S/C25H33N5O2/c1-18-6-4-7-21(16-18)30-14-12-29(13-15-30)11-5-10-27-24(31)9-8-22-19(2)23(17-26)25(32)28-20(22)3/h4,6-7,16H,5,8-15H2,1-3H3,(H,27,31)(H,28,32). The molecule has 3 rings (SSSR count). The summed E-state index contributed by atoms with van der Waals surface area (Å²) in [6.07, 6.45) is 1.77. The molecule has 7 heteroatoms. The summed E-state index contributed by atoms with van der Waals surface area (Å²) in [5.41, 5.74) is 4.63. The summed E-state index contributed by atoms with van der Waals surface area (Å²) in [4.78, 5) is 31.7. The number of anilines is 1. The zero-order chi connectivity index (χ0) is 23.1. The van der Waals surface area contributed by atoms with Crippen LogP contribution in [0.25, 0.3) is 0 Å². The first-order valence-electron chi connectivity index (χ1n) is 11.3. The minimum absolute atomic E-state index is 0.00206. The first kappa shape index (κ1) is 23.6. The predicted octanol–water partition coefficient (Wildman–Crippen LogP) is 2.43. The number of nitrogens with zero attached hydrogens (tertiary/aromatic N) is 3. The number of hydrogen-bond donors (Lipinski definition) is 2. The lowest BCUT2D eigenvalue weighted by molar-refractivity contribution is -0.121. The molecule has 1 aliphatic rings. The normalized spacial score (nSPS) is 14.2. The van der Waals surface area contributed by atoms with Crippen molar-refractivity contribution in [1.82, 2.24) is 15.2 Å². The van der Waals surface area contributed by atoms with Crippen LogP contribution in [-0.2, 0) is 11.2 Å². The lowest BCUT2D eigenvalue weighted by atomic mass is 9.99. The van der Waals surface area contributed by atoms with E-state index in [9.17, 15) is 14.9 Å². The average Bonchev–Trinajstić information content (AvgIpc) is 2.77. The Hall–Kier alpha value is -3.11. The molecule has 1 aromatic carbocycles. The Kier molecular flexibility index (Phi) is 8.07. The minimum Gasteiger partial charge on any atom is -0.369 e. The van der Waals surface area contributed by atoms with Gasteiger partial charge in [0, 0.05) is 50.5 Å². The Balaban J connectivity index is 1.36. The van der Waals surface area contributed by atoms with E-state index in [0.29, 0.717) is 24.9 Å². The summed E-state index contributed by atoms with van der Waals surface area (Å²) in [5, 5.41) is 12.2. The van der Waals surface area contributed by atoms with E-state index in [1.54, 1.807) is 6.92 Å². The van der Waals surface area contributed by atoms with Gasteiger partial charge in [0.05, 0.1) is 0 Å². The Bertz CT molecular complexity index is 1050. The van der Waals surface area contributed by atoms with Crippen LogP contribution in [0, 0.1) is 32.1 Å². The maximum atomic E-state index is 12.3. The van der Waals surface area contributed by atoms with Crippen molar-refractivity contribution in [3.8, 4) is 6.07 Å². The maximum Gasteiger partial charge on any atom is 0.266 e. The molecule has 0 unspecified atom stereocenters. The van der Waals surface area contributed by atoms with Gasteiger partial charge in [-0.25, -0.2) is 0 Å². The third-order valence-electron chi connectivity index (χ3n) is 6.23. The number of carbonyl (C=O) groups is 1. The highest BCUT2D eigenvalue weighted by atomic mass is 16.1. The van der Waals surface area contributed by atoms with Crippen LogP contribution in [0.5, 0.6) is 0 Å². The molecule has 1 amide bonds. The predicted molar refractivity (Wildman–Crippen MR) is 127 cm³/mol. The van der Waals surface area contributed by atoms with Gasteiger partial charge in [-0.05, 0) is 69.0 Å². The highest BCUT2D eigenvalue weighted by Gasteiger charge is 2.17. The van der Waals surface area contributed by atoms with E-state index in [-0.39, 0.29) is 17.0 Å². The second-order valence-corrected chi connectivity index (χ2v) is 8.54. The zero-order valence-corrected chi connectivity index (χ0v) is 19.3. The fourth-order valence-corrected chi connectivity index (χ4v) is 4.33. The Morgan fingerprint density at radius 2 is 1.94 bits per heavy atom. The molecule has 0 radical (unpaired) electrons. The summed E-state index contributed by atoms with van der Waals surface area (Å²) in [6.45, 7) is 11.5. The number of benzene rings is 1. The van der Waals surface area contributed by atoms with E-state index in [2.05, 4.69) is 51.3 Å². The third-order valence-corrected chi connectivity index (χ3v) is 6.23. The summed E-state index contributed by atoms with van der Waals surface area (Å²) < 4.78 is 0. The van der Waals surface area contributed by atoms with Crippen LogP contribution in [0.3, 0.4) is 0 Å². The SMILES string of the molecule is Cc1cccc(N2CCN(CCCNC(=O)CCc3c(C)[nH]c(=O)c(C#N)c3C)CC2)c1. The number of rotatable bonds is 8. The summed E-state index contributed by atoms with van der Waals surface area (Å²) in [5.74, 6) is -0.00206. The number of nitrogens with one attached hydrogen (secondary N) is 2. The molecule has 0 bridgehead atoms. The van der Waals surface area contributed by atoms with Crippen molar-refractivity contribution in [3.05, 3.63) is 62.6 Å². The quantitative estimate of drug-likeness (QED) is 0.622. The van der Waals surface area contributed by atoms with Gasteiger partial charge in [-0.2, -0.15) is 5.26 Å². The van der Waals surface area contributed by atoms with Gasteiger partial charge in [0.25, 0.3) is 5.56 Å². The van der Waals surface area contributed by atoms with Crippen LogP contribution in [0.4, 0.5) is 5.69 Å². The first-order chi connectivity index (χ1) is 15.4. The van der Waals surface area contributed by atoms with Gasteiger partial charge in [-0.1, -0.05) is 12.1 Å². The first-order valence-corrected chi connectivity index (χ1v) is 11.3. The molecule has 0 saturated carbocycles. The van der Waals surface area contributed by atoms with Crippen molar-refractivity contribution in [1.29, 1.82) is 5.26 Å². The van der Waals surface area contributed by atoms with Gasteiger partial charge >= 0.3 is 0 Å². The summed E-state index contributed by atoms with van der Waals surface area (Å²) in [7, 11) is 0. The Labute approximate surface area is 190 Å². The van der Waals surface area contributed by atoms with Crippen molar-refractivity contribution in [2.45, 2.75) is 40.0 Å². The van der Waals surface area contributed by atoms with E-state index >= 15 is 0 Å². The zero-order valence-electron chi connectivity index (χ0n) is 19.3. The number of aryl methyl sites for hydroxylation is 2. The van der Waals surface area contributed by atoms with Crippen LogP contribution >= 0.6 is 0 Å². The largest absolute Gasteiger partial charge is 0.369 e. The van der Waals surface area contributed by atoms with Crippen LogP contribution in [0.15, 0.2) is 29.1 Å². The van der Waals surface area contributed by atoms with Crippen LogP contribution in [0.1, 0.15) is 40.8 Å². The van der Waals surface area contributed by atoms with E-state index < -0.39 is 0 Å². The smallest absolute Gasteiger partial charge is 0.266 e. The summed E-state index contributed by atoms with van der Waals surface area (Å²) in [6, 6.07) is 10.6. The third kappa shape index (κ3) is 5.98. The van der Waals surface area contributed by atoms with E-state index in [0.717, 1.165) is 50.4 Å².